The van der Waals surface area contributed by atoms with Gasteiger partial charge in [-0.25, -0.2) is 4.98 Å². The van der Waals surface area contributed by atoms with Crippen molar-refractivity contribution in [2.45, 2.75) is 6.92 Å². The lowest BCUT2D eigenvalue weighted by Gasteiger charge is -2.14. The monoisotopic (exact) mass is 410 g/mol. The quantitative estimate of drug-likeness (QED) is 0.522. The van der Waals surface area contributed by atoms with Crippen molar-refractivity contribution in [1.29, 1.82) is 0 Å². The van der Waals surface area contributed by atoms with Crippen molar-refractivity contribution in [3.8, 4) is 5.69 Å². The smallest absolute Gasteiger partial charge is 0.262 e. The topological polar surface area (TPSA) is 84.3 Å². The maximum atomic E-state index is 12.5. The lowest BCUT2D eigenvalue weighted by Crippen LogP contribution is -2.37. The van der Waals surface area contributed by atoms with Crippen LogP contribution in [-0.4, -0.2) is 38.7 Å². The molecule has 3 amide bonds. The normalized spacial score (nSPS) is 13.0. The summed E-state index contributed by atoms with van der Waals surface area (Å²) in [6.07, 6.45) is 1.75. The maximum Gasteiger partial charge on any atom is 0.262 e. The van der Waals surface area contributed by atoms with E-state index in [1.165, 1.54) is 0 Å². The third kappa shape index (κ3) is 3.26. The van der Waals surface area contributed by atoms with Crippen LogP contribution in [0.4, 0.5) is 5.69 Å². The first-order chi connectivity index (χ1) is 15.0. The molecule has 1 aliphatic rings. The summed E-state index contributed by atoms with van der Waals surface area (Å²) in [7, 11) is 0. The minimum Gasteiger partial charge on any atom is -0.325 e. The first-order valence-electron chi connectivity index (χ1n) is 9.80. The number of aromatic nitrogens is 2. The van der Waals surface area contributed by atoms with E-state index in [0.717, 1.165) is 27.2 Å². The predicted molar refractivity (Wildman–Crippen MR) is 116 cm³/mol. The van der Waals surface area contributed by atoms with Gasteiger partial charge in [-0.15, -0.1) is 0 Å². The van der Waals surface area contributed by atoms with Gasteiger partial charge in [0.2, 0.25) is 5.91 Å². The molecular formula is C24H18N4O3. The van der Waals surface area contributed by atoms with Crippen LogP contribution in [0.2, 0.25) is 0 Å². The highest BCUT2D eigenvalue weighted by Crippen LogP contribution is 2.24. The van der Waals surface area contributed by atoms with Crippen molar-refractivity contribution in [3.63, 3.8) is 0 Å². The Kier molecular flexibility index (Phi) is 4.36. The molecule has 0 unspecified atom stereocenters. The molecular weight excluding hydrogens is 392 g/mol. The Morgan fingerprint density at radius 3 is 2.48 bits per heavy atom. The number of imide groups is 1. The minimum atomic E-state index is -0.447. The van der Waals surface area contributed by atoms with E-state index in [1.807, 2.05) is 47.9 Å². The molecule has 0 fully saturated rings. The van der Waals surface area contributed by atoms with Crippen molar-refractivity contribution >= 4 is 34.4 Å². The van der Waals surface area contributed by atoms with Gasteiger partial charge in [0.25, 0.3) is 11.8 Å². The molecule has 2 heterocycles. The number of hydrogen-bond acceptors (Lipinski definition) is 4. The van der Waals surface area contributed by atoms with Crippen LogP contribution in [0, 0.1) is 6.92 Å². The molecule has 7 heteroatoms. The lowest BCUT2D eigenvalue weighted by molar-refractivity contribution is -0.116. The molecule has 0 bridgehead atoms. The Morgan fingerprint density at radius 1 is 0.935 bits per heavy atom. The number of imidazole rings is 1. The molecule has 0 aliphatic carbocycles. The molecule has 7 nitrogen and oxygen atoms in total. The molecule has 1 aliphatic heterocycles. The van der Waals surface area contributed by atoms with Crippen molar-refractivity contribution < 1.29 is 14.4 Å². The van der Waals surface area contributed by atoms with E-state index < -0.39 is 17.7 Å². The highest BCUT2D eigenvalue weighted by molar-refractivity contribution is 6.22. The molecule has 1 N–H and O–H groups in total. The number of fused-ring (bicyclic) bond motifs is 2. The fraction of sp³-hybridized carbons (Fsp3) is 0.0833. The highest BCUT2D eigenvalue weighted by Gasteiger charge is 2.36. The number of carbonyl (C=O) groups is 3. The van der Waals surface area contributed by atoms with Gasteiger partial charge in [-0.2, -0.15) is 0 Å². The molecule has 3 aromatic carbocycles. The molecule has 152 valence electrons. The summed E-state index contributed by atoms with van der Waals surface area (Å²) in [5, 5.41) is 2.75. The molecule has 0 spiro atoms. The van der Waals surface area contributed by atoms with Crippen molar-refractivity contribution in [1.82, 2.24) is 14.5 Å². The summed E-state index contributed by atoms with van der Waals surface area (Å²) in [5.41, 5.74) is 4.93. The van der Waals surface area contributed by atoms with Gasteiger partial charge in [-0.3, -0.25) is 23.9 Å². The zero-order valence-corrected chi connectivity index (χ0v) is 16.7. The Balaban J connectivity index is 1.29. The zero-order chi connectivity index (χ0) is 21.5. The molecule has 5 rings (SSSR count). The number of hydrogen-bond donors (Lipinski definition) is 1. The van der Waals surface area contributed by atoms with E-state index >= 15 is 0 Å². The summed E-state index contributed by atoms with van der Waals surface area (Å²) in [6, 6.07) is 20.2. The number of aryl methyl sites for hydroxylation is 1. The SMILES string of the molecule is Cc1ccc2c(c1)C(=O)N(CC(=O)Nc1ccc(-n3cnc4ccccc43)cc1)C2=O. The van der Waals surface area contributed by atoms with Crippen LogP contribution in [-0.2, 0) is 4.79 Å². The van der Waals surface area contributed by atoms with E-state index in [1.54, 1.807) is 36.7 Å². The summed E-state index contributed by atoms with van der Waals surface area (Å²) in [6.45, 7) is 1.52. The summed E-state index contributed by atoms with van der Waals surface area (Å²) >= 11 is 0. The van der Waals surface area contributed by atoms with Crippen LogP contribution in [0.15, 0.2) is 73.1 Å². The third-order valence-corrected chi connectivity index (χ3v) is 5.31. The van der Waals surface area contributed by atoms with Crippen LogP contribution < -0.4 is 5.32 Å². The second-order valence-corrected chi connectivity index (χ2v) is 7.44. The van der Waals surface area contributed by atoms with Crippen molar-refractivity contribution in [3.05, 3.63) is 89.7 Å². The van der Waals surface area contributed by atoms with Crippen molar-refractivity contribution in [2.24, 2.45) is 0 Å². The van der Waals surface area contributed by atoms with Gasteiger partial charge in [-0.05, 0) is 55.5 Å². The number of carbonyl (C=O) groups excluding carboxylic acids is 3. The fourth-order valence-corrected chi connectivity index (χ4v) is 3.76. The average Bonchev–Trinajstić information content (AvgIpc) is 3.30. The van der Waals surface area contributed by atoms with Crippen LogP contribution in [0.1, 0.15) is 26.3 Å². The Labute approximate surface area is 177 Å². The highest BCUT2D eigenvalue weighted by atomic mass is 16.2. The van der Waals surface area contributed by atoms with Gasteiger partial charge in [0, 0.05) is 11.4 Å². The van der Waals surface area contributed by atoms with Gasteiger partial charge in [0.05, 0.1) is 22.2 Å². The molecule has 4 aromatic rings. The largest absolute Gasteiger partial charge is 0.325 e. The van der Waals surface area contributed by atoms with E-state index in [4.69, 9.17) is 0 Å². The Bertz CT molecular complexity index is 1360. The Morgan fingerprint density at radius 2 is 1.68 bits per heavy atom. The van der Waals surface area contributed by atoms with Crippen LogP contribution in [0.25, 0.3) is 16.7 Å². The number of rotatable bonds is 4. The van der Waals surface area contributed by atoms with E-state index in [-0.39, 0.29) is 6.54 Å². The molecule has 1 aromatic heterocycles. The number of benzene rings is 3. The number of amides is 3. The summed E-state index contributed by atoms with van der Waals surface area (Å²) in [5.74, 6) is -1.33. The van der Waals surface area contributed by atoms with E-state index in [9.17, 15) is 14.4 Å². The number of nitrogens with one attached hydrogen (secondary N) is 1. The maximum absolute atomic E-state index is 12.5. The molecule has 31 heavy (non-hydrogen) atoms. The second kappa shape index (κ2) is 7.21. The molecule has 0 radical (unpaired) electrons. The van der Waals surface area contributed by atoms with Gasteiger partial charge in [0.15, 0.2) is 0 Å². The number of anilines is 1. The molecule has 0 saturated heterocycles. The van der Waals surface area contributed by atoms with Gasteiger partial charge >= 0.3 is 0 Å². The van der Waals surface area contributed by atoms with Gasteiger partial charge < -0.3 is 5.32 Å². The van der Waals surface area contributed by atoms with Gasteiger partial charge in [-0.1, -0.05) is 23.8 Å². The van der Waals surface area contributed by atoms with Crippen LogP contribution >= 0.6 is 0 Å². The summed E-state index contributed by atoms with van der Waals surface area (Å²) < 4.78 is 1.96. The number of para-hydroxylation sites is 2. The Hall–Kier alpha value is -4.26. The number of nitrogens with zero attached hydrogens (tertiary/aromatic N) is 3. The standard InChI is InChI=1S/C24H18N4O3/c1-15-6-11-18-19(12-15)24(31)27(23(18)30)13-22(29)26-16-7-9-17(10-8-16)28-14-25-20-4-2-3-5-21(20)28/h2-12,14H,13H2,1H3,(H,26,29). The van der Waals surface area contributed by atoms with Gasteiger partial charge in [0.1, 0.15) is 12.9 Å². The predicted octanol–water partition coefficient (Wildman–Crippen LogP) is 3.57. The zero-order valence-electron chi connectivity index (χ0n) is 16.7. The van der Waals surface area contributed by atoms with E-state index in [2.05, 4.69) is 10.3 Å². The second-order valence-electron chi connectivity index (χ2n) is 7.44. The van der Waals surface area contributed by atoms with Crippen LogP contribution in [0.5, 0.6) is 0 Å². The first-order valence-corrected chi connectivity index (χ1v) is 9.80. The molecule has 0 atom stereocenters. The van der Waals surface area contributed by atoms with E-state index in [0.29, 0.717) is 16.8 Å². The summed E-state index contributed by atoms with van der Waals surface area (Å²) in [4.78, 5) is 42.9. The first kappa shape index (κ1) is 18.7. The third-order valence-electron chi connectivity index (χ3n) is 5.31. The van der Waals surface area contributed by atoms with Crippen molar-refractivity contribution in [2.75, 3.05) is 11.9 Å². The minimum absolute atomic E-state index is 0.334. The average molecular weight is 410 g/mol. The molecule has 0 saturated carbocycles. The lowest BCUT2D eigenvalue weighted by atomic mass is 10.1. The fourth-order valence-electron chi connectivity index (χ4n) is 3.76. The van der Waals surface area contributed by atoms with Crippen LogP contribution in [0.3, 0.4) is 0 Å².